The summed E-state index contributed by atoms with van der Waals surface area (Å²) in [6, 6.07) is 11.6. The molecule has 0 aliphatic heterocycles. The Morgan fingerprint density at radius 2 is 2.05 bits per heavy atom. The van der Waals surface area contributed by atoms with Crippen LogP contribution in [0, 0.1) is 0 Å². The summed E-state index contributed by atoms with van der Waals surface area (Å²) in [5, 5.41) is 10.3. The normalized spacial score (nSPS) is 12.8. The van der Waals surface area contributed by atoms with E-state index in [-0.39, 0.29) is 0 Å². The van der Waals surface area contributed by atoms with E-state index in [1.165, 1.54) is 0 Å². The molecular formula is C15H14BrN3O. The lowest BCUT2D eigenvalue weighted by molar-refractivity contribution is 0.170. The largest absolute Gasteiger partial charge is 0.386 e. The van der Waals surface area contributed by atoms with Gasteiger partial charge in [0.15, 0.2) is 0 Å². The van der Waals surface area contributed by atoms with Gasteiger partial charge in [-0.15, -0.1) is 0 Å². The van der Waals surface area contributed by atoms with Crippen LogP contribution in [0.1, 0.15) is 17.6 Å². The van der Waals surface area contributed by atoms with E-state index in [4.69, 9.17) is 0 Å². The molecule has 3 aromatic rings. The zero-order valence-electron chi connectivity index (χ0n) is 11.0. The molecule has 1 atom stereocenters. The van der Waals surface area contributed by atoms with Crippen LogP contribution in [-0.2, 0) is 13.5 Å². The molecule has 0 aliphatic carbocycles. The molecule has 2 heterocycles. The first-order valence-electron chi connectivity index (χ1n) is 6.35. The highest BCUT2D eigenvalue weighted by Gasteiger charge is 2.15. The second kappa shape index (κ2) is 5.34. The van der Waals surface area contributed by atoms with Gasteiger partial charge in [-0.3, -0.25) is 4.98 Å². The summed E-state index contributed by atoms with van der Waals surface area (Å²) >= 11 is 3.34. The minimum atomic E-state index is -0.654. The quantitative estimate of drug-likeness (QED) is 0.802. The van der Waals surface area contributed by atoms with Gasteiger partial charge in [0.1, 0.15) is 11.9 Å². The van der Waals surface area contributed by atoms with Gasteiger partial charge in [-0.25, -0.2) is 4.98 Å². The van der Waals surface area contributed by atoms with E-state index in [9.17, 15) is 5.11 Å². The predicted octanol–water partition coefficient (Wildman–Crippen LogP) is 3.01. The number of aliphatic hydroxyl groups excluding tert-OH is 1. The van der Waals surface area contributed by atoms with Crippen LogP contribution in [0.15, 0.2) is 47.1 Å². The molecule has 1 N–H and O–H groups in total. The standard InChI is InChI=1S/C15H14BrN3O/c1-19-13-5-3-2-4-11(13)18-15(19)8-14(20)12-7-6-10(16)9-17-12/h2-7,9,14,20H,8H2,1H3. The van der Waals surface area contributed by atoms with Crippen molar-refractivity contribution in [3.63, 3.8) is 0 Å². The second-order valence-electron chi connectivity index (χ2n) is 4.70. The molecule has 2 aromatic heterocycles. The summed E-state index contributed by atoms with van der Waals surface area (Å²) in [5.41, 5.74) is 2.67. The van der Waals surface area contributed by atoms with Crippen LogP contribution >= 0.6 is 15.9 Å². The topological polar surface area (TPSA) is 50.9 Å². The van der Waals surface area contributed by atoms with Crippen LogP contribution in [-0.4, -0.2) is 19.6 Å². The number of aryl methyl sites for hydroxylation is 1. The highest BCUT2D eigenvalue weighted by Crippen LogP contribution is 2.20. The van der Waals surface area contributed by atoms with Crippen LogP contribution in [0.3, 0.4) is 0 Å². The van der Waals surface area contributed by atoms with Crippen molar-refractivity contribution in [1.29, 1.82) is 0 Å². The lowest BCUT2D eigenvalue weighted by atomic mass is 10.1. The van der Waals surface area contributed by atoms with Gasteiger partial charge in [0.2, 0.25) is 0 Å². The van der Waals surface area contributed by atoms with Gasteiger partial charge in [-0.1, -0.05) is 12.1 Å². The van der Waals surface area contributed by atoms with Crippen LogP contribution < -0.4 is 0 Å². The Hall–Kier alpha value is -1.72. The molecule has 0 spiro atoms. The minimum absolute atomic E-state index is 0.444. The van der Waals surface area contributed by atoms with E-state index in [0.29, 0.717) is 12.1 Å². The molecule has 0 saturated heterocycles. The SMILES string of the molecule is Cn1c(CC(O)c2ccc(Br)cn2)nc2ccccc21. The first-order valence-corrected chi connectivity index (χ1v) is 7.14. The van der Waals surface area contributed by atoms with Crippen molar-refractivity contribution in [2.24, 2.45) is 7.05 Å². The smallest absolute Gasteiger partial charge is 0.112 e. The Morgan fingerprint density at radius 1 is 1.25 bits per heavy atom. The fourth-order valence-corrected chi connectivity index (χ4v) is 2.47. The molecule has 20 heavy (non-hydrogen) atoms. The summed E-state index contributed by atoms with van der Waals surface area (Å²) in [5.74, 6) is 0.850. The van der Waals surface area contributed by atoms with Crippen LogP contribution in [0.2, 0.25) is 0 Å². The van der Waals surface area contributed by atoms with Crippen molar-refractivity contribution in [3.8, 4) is 0 Å². The zero-order valence-corrected chi connectivity index (χ0v) is 12.6. The summed E-state index contributed by atoms with van der Waals surface area (Å²) in [7, 11) is 1.96. The van der Waals surface area contributed by atoms with Crippen molar-refractivity contribution in [3.05, 3.63) is 58.6 Å². The van der Waals surface area contributed by atoms with Gasteiger partial charge >= 0.3 is 0 Å². The molecule has 1 aromatic carbocycles. The fraction of sp³-hybridized carbons (Fsp3) is 0.200. The summed E-state index contributed by atoms with van der Waals surface area (Å²) in [6.07, 6.45) is 1.48. The Bertz CT molecular complexity index is 736. The minimum Gasteiger partial charge on any atom is -0.386 e. The molecule has 3 rings (SSSR count). The Labute approximate surface area is 125 Å². The van der Waals surface area contributed by atoms with Gasteiger partial charge in [-0.2, -0.15) is 0 Å². The molecule has 0 radical (unpaired) electrons. The van der Waals surface area contributed by atoms with Gasteiger partial charge in [-0.05, 0) is 40.2 Å². The number of imidazole rings is 1. The Kier molecular flexibility index (Phi) is 3.54. The molecule has 0 aliphatic rings. The first kappa shape index (κ1) is 13.3. The van der Waals surface area contributed by atoms with Crippen LogP contribution in [0.25, 0.3) is 11.0 Å². The van der Waals surface area contributed by atoms with Crippen molar-refractivity contribution >= 4 is 27.0 Å². The molecule has 0 fully saturated rings. The van der Waals surface area contributed by atoms with Gasteiger partial charge in [0, 0.05) is 24.1 Å². The number of para-hydroxylation sites is 2. The third-order valence-corrected chi connectivity index (χ3v) is 3.82. The average molecular weight is 332 g/mol. The molecule has 102 valence electrons. The van der Waals surface area contributed by atoms with Crippen LogP contribution in [0.4, 0.5) is 0 Å². The van der Waals surface area contributed by atoms with Crippen molar-refractivity contribution < 1.29 is 5.11 Å². The van der Waals surface area contributed by atoms with Crippen LogP contribution in [0.5, 0.6) is 0 Å². The zero-order chi connectivity index (χ0) is 14.1. The first-order chi connectivity index (χ1) is 9.65. The number of hydrogen-bond acceptors (Lipinski definition) is 3. The number of rotatable bonds is 3. The third kappa shape index (κ3) is 2.46. The third-order valence-electron chi connectivity index (χ3n) is 3.35. The molecule has 0 saturated carbocycles. The lowest BCUT2D eigenvalue weighted by Crippen LogP contribution is -2.08. The maximum absolute atomic E-state index is 10.3. The molecule has 1 unspecified atom stereocenters. The van der Waals surface area contributed by atoms with Gasteiger partial charge < -0.3 is 9.67 Å². The molecule has 4 nitrogen and oxygen atoms in total. The van der Waals surface area contributed by atoms with E-state index < -0.39 is 6.10 Å². The van der Waals surface area contributed by atoms with E-state index in [1.807, 2.05) is 48.0 Å². The maximum Gasteiger partial charge on any atom is 0.112 e. The highest BCUT2D eigenvalue weighted by molar-refractivity contribution is 9.10. The average Bonchev–Trinajstić information content (AvgIpc) is 2.77. The maximum atomic E-state index is 10.3. The number of benzene rings is 1. The van der Waals surface area contributed by atoms with E-state index >= 15 is 0 Å². The molecule has 5 heteroatoms. The van der Waals surface area contributed by atoms with Crippen molar-refractivity contribution in [1.82, 2.24) is 14.5 Å². The number of hydrogen-bond donors (Lipinski definition) is 1. The Morgan fingerprint density at radius 3 is 2.75 bits per heavy atom. The van der Waals surface area contributed by atoms with Crippen molar-refractivity contribution in [2.45, 2.75) is 12.5 Å². The predicted molar refractivity (Wildman–Crippen MR) is 81.3 cm³/mol. The number of fused-ring (bicyclic) bond motifs is 1. The summed E-state index contributed by atoms with van der Waals surface area (Å²) in [4.78, 5) is 8.79. The Balaban J connectivity index is 1.89. The monoisotopic (exact) mass is 331 g/mol. The number of nitrogens with zero attached hydrogens (tertiary/aromatic N) is 3. The molecular weight excluding hydrogens is 318 g/mol. The van der Waals surface area contributed by atoms with E-state index in [2.05, 4.69) is 25.9 Å². The number of halogens is 1. The number of aromatic nitrogens is 3. The summed E-state index contributed by atoms with van der Waals surface area (Å²) < 4.78 is 2.91. The molecule has 0 amide bonds. The van der Waals surface area contributed by atoms with Crippen molar-refractivity contribution in [2.75, 3.05) is 0 Å². The number of aliphatic hydroxyl groups is 1. The van der Waals surface area contributed by atoms with Gasteiger partial charge in [0.25, 0.3) is 0 Å². The van der Waals surface area contributed by atoms with Gasteiger partial charge in [0.05, 0.1) is 16.7 Å². The summed E-state index contributed by atoms with van der Waals surface area (Å²) in [6.45, 7) is 0. The number of pyridine rings is 1. The second-order valence-corrected chi connectivity index (χ2v) is 5.61. The lowest BCUT2D eigenvalue weighted by Gasteiger charge is -2.10. The fourth-order valence-electron chi connectivity index (χ4n) is 2.24. The molecule has 0 bridgehead atoms. The van der Waals surface area contributed by atoms with E-state index in [0.717, 1.165) is 21.3 Å². The van der Waals surface area contributed by atoms with E-state index in [1.54, 1.807) is 6.20 Å². The highest BCUT2D eigenvalue weighted by atomic mass is 79.9.